The lowest BCUT2D eigenvalue weighted by molar-refractivity contribution is 0.107. The van der Waals surface area contributed by atoms with E-state index in [1.54, 1.807) is 6.33 Å². The van der Waals surface area contributed by atoms with E-state index in [0.717, 1.165) is 36.1 Å². The first-order chi connectivity index (χ1) is 10.8. The molecular formula is C17H23N3OS. The maximum Gasteiger partial charge on any atom is 0.138 e. The number of aromatic nitrogens is 2. The summed E-state index contributed by atoms with van der Waals surface area (Å²) in [6.07, 6.45) is 9.25. The number of rotatable bonds is 4. The highest BCUT2D eigenvalue weighted by atomic mass is 32.1. The third-order valence-corrected chi connectivity index (χ3v) is 6.04. The van der Waals surface area contributed by atoms with Gasteiger partial charge in [0.2, 0.25) is 0 Å². The van der Waals surface area contributed by atoms with E-state index in [2.05, 4.69) is 22.2 Å². The molecule has 1 N–H and O–H groups in total. The molecule has 0 unspecified atom stereocenters. The summed E-state index contributed by atoms with van der Waals surface area (Å²) >= 11 is 1.86. The third-order valence-electron chi connectivity index (χ3n) is 4.87. The molecule has 22 heavy (non-hydrogen) atoms. The Kier molecular flexibility index (Phi) is 4.01. The van der Waals surface area contributed by atoms with Gasteiger partial charge in [0, 0.05) is 18.0 Å². The molecule has 4 rings (SSSR count). The number of aryl methyl sites for hydroxylation is 1. The van der Waals surface area contributed by atoms with Gasteiger partial charge in [-0.05, 0) is 50.0 Å². The summed E-state index contributed by atoms with van der Waals surface area (Å²) < 4.78 is 5.70. The molecule has 1 aliphatic carbocycles. The number of nitrogens with zero attached hydrogens (tertiary/aromatic N) is 2. The second-order valence-electron chi connectivity index (χ2n) is 6.60. The van der Waals surface area contributed by atoms with Crippen molar-refractivity contribution in [3.05, 3.63) is 16.8 Å². The first kappa shape index (κ1) is 14.4. The lowest BCUT2D eigenvalue weighted by Gasteiger charge is -2.18. The van der Waals surface area contributed by atoms with Gasteiger partial charge in [-0.15, -0.1) is 11.3 Å². The highest BCUT2D eigenvalue weighted by molar-refractivity contribution is 7.19. The van der Waals surface area contributed by atoms with Gasteiger partial charge in [0.25, 0.3) is 0 Å². The lowest BCUT2D eigenvalue weighted by Crippen LogP contribution is -2.14. The Hall–Kier alpha value is -1.20. The van der Waals surface area contributed by atoms with Crippen LogP contribution in [0.4, 0.5) is 5.82 Å². The molecule has 2 aliphatic rings. The quantitative estimate of drug-likeness (QED) is 0.932. The number of hydrogen-bond donors (Lipinski definition) is 1. The molecule has 0 bridgehead atoms. The lowest BCUT2D eigenvalue weighted by atomic mass is 9.89. The summed E-state index contributed by atoms with van der Waals surface area (Å²) in [4.78, 5) is 11.7. The monoisotopic (exact) mass is 317 g/mol. The van der Waals surface area contributed by atoms with Crippen LogP contribution in [0, 0.1) is 5.92 Å². The maximum atomic E-state index is 5.70. The van der Waals surface area contributed by atoms with Crippen LogP contribution in [0.3, 0.4) is 0 Å². The molecule has 1 fully saturated rings. The van der Waals surface area contributed by atoms with Gasteiger partial charge in [-0.25, -0.2) is 9.97 Å². The normalized spacial score (nSPS) is 24.6. The zero-order valence-electron chi connectivity index (χ0n) is 13.1. The molecule has 0 aromatic carbocycles. The molecule has 0 spiro atoms. The third kappa shape index (κ3) is 2.72. The average molecular weight is 317 g/mol. The summed E-state index contributed by atoms with van der Waals surface area (Å²) in [6.45, 7) is 4.20. The van der Waals surface area contributed by atoms with Crippen molar-refractivity contribution in [3.63, 3.8) is 0 Å². The summed E-state index contributed by atoms with van der Waals surface area (Å²) in [6, 6.07) is 0. The van der Waals surface area contributed by atoms with Gasteiger partial charge in [-0.3, -0.25) is 0 Å². The van der Waals surface area contributed by atoms with Crippen LogP contribution in [0.1, 0.15) is 43.0 Å². The second kappa shape index (κ2) is 6.13. The number of hydrogen-bond acceptors (Lipinski definition) is 5. The molecule has 1 saturated heterocycles. The number of thiophene rings is 1. The summed E-state index contributed by atoms with van der Waals surface area (Å²) in [5.74, 6) is 1.82. The van der Waals surface area contributed by atoms with E-state index in [1.807, 2.05) is 11.3 Å². The number of nitrogens with one attached hydrogen (secondary N) is 1. The highest BCUT2D eigenvalue weighted by Crippen LogP contribution is 2.39. The van der Waals surface area contributed by atoms with E-state index in [1.165, 1.54) is 47.9 Å². The van der Waals surface area contributed by atoms with Crippen molar-refractivity contribution in [3.8, 4) is 0 Å². The van der Waals surface area contributed by atoms with Gasteiger partial charge < -0.3 is 10.1 Å². The van der Waals surface area contributed by atoms with Gasteiger partial charge in [0.05, 0.1) is 11.5 Å². The number of anilines is 1. The van der Waals surface area contributed by atoms with Gasteiger partial charge in [0.15, 0.2) is 0 Å². The van der Waals surface area contributed by atoms with Crippen molar-refractivity contribution < 1.29 is 4.74 Å². The fourth-order valence-corrected chi connectivity index (χ4v) is 4.98. The Labute approximate surface area is 135 Å². The SMILES string of the molecule is C[C@@H]1CCc2c(sc3ncnc(NCC[C@H]4CCCO4)c23)C1. The molecule has 4 nitrogen and oxygen atoms in total. The zero-order valence-corrected chi connectivity index (χ0v) is 13.9. The van der Waals surface area contributed by atoms with Gasteiger partial charge >= 0.3 is 0 Å². The van der Waals surface area contributed by atoms with Crippen molar-refractivity contribution in [1.82, 2.24) is 9.97 Å². The van der Waals surface area contributed by atoms with E-state index in [4.69, 9.17) is 4.74 Å². The number of fused-ring (bicyclic) bond motifs is 3. The molecule has 0 radical (unpaired) electrons. The predicted octanol–water partition coefficient (Wildman–Crippen LogP) is 3.80. The second-order valence-corrected chi connectivity index (χ2v) is 7.69. The minimum atomic E-state index is 0.432. The zero-order chi connectivity index (χ0) is 14.9. The minimum absolute atomic E-state index is 0.432. The van der Waals surface area contributed by atoms with Crippen LogP contribution in [0.2, 0.25) is 0 Å². The summed E-state index contributed by atoms with van der Waals surface area (Å²) in [5, 5.41) is 4.82. The highest BCUT2D eigenvalue weighted by Gasteiger charge is 2.23. The summed E-state index contributed by atoms with van der Waals surface area (Å²) in [5.41, 5.74) is 1.50. The molecule has 2 aromatic rings. The topological polar surface area (TPSA) is 47.0 Å². The first-order valence-corrected chi connectivity index (χ1v) is 9.23. The molecule has 0 saturated carbocycles. The largest absolute Gasteiger partial charge is 0.378 e. The smallest absolute Gasteiger partial charge is 0.138 e. The maximum absolute atomic E-state index is 5.70. The Bertz CT molecular complexity index is 663. The van der Waals surface area contributed by atoms with Gasteiger partial charge in [-0.1, -0.05) is 6.92 Å². The summed E-state index contributed by atoms with van der Waals surface area (Å²) in [7, 11) is 0. The van der Waals surface area contributed by atoms with Crippen LogP contribution in [0.25, 0.3) is 10.2 Å². The Morgan fingerprint density at radius 3 is 3.18 bits per heavy atom. The van der Waals surface area contributed by atoms with Crippen molar-refractivity contribution >= 4 is 27.4 Å². The van der Waals surface area contributed by atoms with E-state index in [0.29, 0.717) is 6.10 Å². The van der Waals surface area contributed by atoms with Crippen LogP contribution < -0.4 is 5.32 Å². The molecule has 0 amide bonds. The fraction of sp³-hybridized carbons (Fsp3) is 0.647. The molecule has 2 atom stereocenters. The Morgan fingerprint density at radius 1 is 1.36 bits per heavy atom. The van der Waals surface area contributed by atoms with Crippen molar-refractivity contribution in [2.75, 3.05) is 18.5 Å². The molecule has 118 valence electrons. The fourth-order valence-electron chi connectivity index (χ4n) is 3.63. The van der Waals surface area contributed by atoms with E-state index < -0.39 is 0 Å². The van der Waals surface area contributed by atoms with Gasteiger partial charge in [0.1, 0.15) is 17.0 Å². The van der Waals surface area contributed by atoms with Crippen LogP contribution in [0.15, 0.2) is 6.33 Å². The van der Waals surface area contributed by atoms with E-state index in [-0.39, 0.29) is 0 Å². The van der Waals surface area contributed by atoms with Crippen LogP contribution in [0.5, 0.6) is 0 Å². The van der Waals surface area contributed by atoms with Crippen molar-refractivity contribution in [2.45, 2.75) is 51.6 Å². The Morgan fingerprint density at radius 2 is 2.32 bits per heavy atom. The Balaban J connectivity index is 1.55. The minimum Gasteiger partial charge on any atom is -0.378 e. The van der Waals surface area contributed by atoms with Crippen molar-refractivity contribution in [1.29, 1.82) is 0 Å². The van der Waals surface area contributed by atoms with Crippen molar-refractivity contribution in [2.24, 2.45) is 5.92 Å². The predicted molar refractivity (Wildman–Crippen MR) is 90.7 cm³/mol. The first-order valence-electron chi connectivity index (χ1n) is 8.42. The molecule has 3 heterocycles. The van der Waals surface area contributed by atoms with Crippen LogP contribution in [-0.2, 0) is 17.6 Å². The number of ether oxygens (including phenoxy) is 1. The molecule has 1 aliphatic heterocycles. The molecule has 5 heteroatoms. The average Bonchev–Trinajstić information content (AvgIpc) is 3.14. The molecule has 2 aromatic heterocycles. The van der Waals surface area contributed by atoms with Crippen LogP contribution in [-0.4, -0.2) is 29.2 Å². The van der Waals surface area contributed by atoms with E-state index in [9.17, 15) is 0 Å². The van der Waals surface area contributed by atoms with Gasteiger partial charge in [-0.2, -0.15) is 0 Å². The standard InChI is InChI=1S/C17H23N3OS/c1-11-4-5-13-14(9-11)22-17-15(13)16(19-10-20-17)18-7-6-12-3-2-8-21-12/h10-12H,2-9H2,1H3,(H,18,19,20)/t11-,12-/m1/s1. The van der Waals surface area contributed by atoms with Crippen LogP contribution >= 0.6 is 11.3 Å². The van der Waals surface area contributed by atoms with E-state index >= 15 is 0 Å². The molecular weight excluding hydrogens is 294 g/mol.